The Labute approximate surface area is 108 Å². The number of carbonyl (C=O) groups excluding carboxylic acids is 1. The van der Waals surface area contributed by atoms with Crippen LogP contribution in [-0.4, -0.2) is 18.2 Å². The maximum atomic E-state index is 11.8. The highest BCUT2D eigenvalue weighted by Gasteiger charge is 2.46. The number of hydrogen-bond donors (Lipinski definition) is 0. The van der Waals surface area contributed by atoms with E-state index >= 15 is 0 Å². The standard InChI is InChI=1S/C15H20O3/c1-10(17-14(16)15(2,3)4)12-13(18-12)11-8-6-5-7-9-11/h5-10,12-13H,1-4H3/t10-,12+,13-/m1/s1. The van der Waals surface area contributed by atoms with Gasteiger partial charge in [0.05, 0.1) is 5.41 Å². The minimum Gasteiger partial charge on any atom is -0.459 e. The maximum absolute atomic E-state index is 11.8. The summed E-state index contributed by atoms with van der Waals surface area (Å²) in [6.07, 6.45) is -0.158. The highest BCUT2D eigenvalue weighted by Crippen LogP contribution is 2.41. The number of epoxide rings is 1. The number of esters is 1. The third-order valence-electron chi connectivity index (χ3n) is 3.02. The molecule has 0 bridgehead atoms. The molecular formula is C15H20O3. The Hall–Kier alpha value is -1.35. The predicted octanol–water partition coefficient (Wildman–Crippen LogP) is 3.10. The van der Waals surface area contributed by atoms with E-state index in [-0.39, 0.29) is 24.3 Å². The zero-order valence-corrected chi connectivity index (χ0v) is 11.3. The number of benzene rings is 1. The van der Waals surface area contributed by atoms with Crippen molar-refractivity contribution in [2.45, 2.75) is 46.0 Å². The van der Waals surface area contributed by atoms with Crippen LogP contribution in [0, 0.1) is 5.41 Å². The maximum Gasteiger partial charge on any atom is 0.311 e. The molecule has 0 amide bonds. The lowest BCUT2D eigenvalue weighted by Gasteiger charge is -2.19. The average Bonchev–Trinajstić information content (AvgIpc) is 3.08. The normalized spacial score (nSPS) is 24.4. The number of hydrogen-bond acceptors (Lipinski definition) is 3. The molecule has 0 radical (unpaired) electrons. The second-order valence-corrected chi connectivity index (χ2v) is 5.79. The minimum atomic E-state index is -0.467. The van der Waals surface area contributed by atoms with Gasteiger partial charge in [0.25, 0.3) is 0 Å². The molecule has 1 aromatic carbocycles. The van der Waals surface area contributed by atoms with Gasteiger partial charge in [-0.25, -0.2) is 0 Å². The summed E-state index contributed by atoms with van der Waals surface area (Å²) in [5.74, 6) is -0.183. The first-order valence-corrected chi connectivity index (χ1v) is 6.31. The summed E-state index contributed by atoms with van der Waals surface area (Å²) in [6.45, 7) is 7.44. The topological polar surface area (TPSA) is 38.8 Å². The molecule has 1 aromatic rings. The van der Waals surface area contributed by atoms with Crippen molar-refractivity contribution in [1.82, 2.24) is 0 Å². The van der Waals surface area contributed by atoms with Gasteiger partial charge in [0.1, 0.15) is 18.3 Å². The molecule has 0 spiro atoms. The summed E-state index contributed by atoms with van der Waals surface area (Å²) in [7, 11) is 0. The Balaban J connectivity index is 1.90. The lowest BCUT2D eigenvalue weighted by molar-refractivity contribution is -0.158. The lowest BCUT2D eigenvalue weighted by Crippen LogP contribution is -2.29. The van der Waals surface area contributed by atoms with E-state index in [4.69, 9.17) is 9.47 Å². The van der Waals surface area contributed by atoms with Gasteiger partial charge in [0.2, 0.25) is 0 Å². The van der Waals surface area contributed by atoms with Crippen molar-refractivity contribution < 1.29 is 14.3 Å². The van der Waals surface area contributed by atoms with Crippen molar-refractivity contribution in [2.24, 2.45) is 5.41 Å². The molecule has 0 aromatic heterocycles. The number of rotatable bonds is 3. The van der Waals surface area contributed by atoms with Gasteiger partial charge in [-0.05, 0) is 33.3 Å². The fourth-order valence-corrected chi connectivity index (χ4v) is 1.80. The number of carbonyl (C=O) groups is 1. The van der Waals surface area contributed by atoms with Gasteiger partial charge >= 0.3 is 5.97 Å². The molecule has 1 aliphatic rings. The third kappa shape index (κ3) is 2.91. The van der Waals surface area contributed by atoms with Crippen molar-refractivity contribution >= 4 is 5.97 Å². The number of ether oxygens (including phenoxy) is 2. The van der Waals surface area contributed by atoms with Gasteiger partial charge in [0.15, 0.2) is 0 Å². The summed E-state index contributed by atoms with van der Waals surface area (Å²) in [5.41, 5.74) is 0.673. The lowest BCUT2D eigenvalue weighted by atomic mass is 9.97. The first-order chi connectivity index (χ1) is 8.39. The van der Waals surface area contributed by atoms with Crippen molar-refractivity contribution in [3.8, 4) is 0 Å². The Morgan fingerprint density at radius 1 is 1.28 bits per heavy atom. The molecule has 2 rings (SSSR count). The van der Waals surface area contributed by atoms with Crippen LogP contribution >= 0.6 is 0 Å². The Morgan fingerprint density at radius 3 is 2.44 bits per heavy atom. The zero-order chi connectivity index (χ0) is 13.3. The molecule has 1 saturated heterocycles. The highest BCUT2D eigenvalue weighted by atomic mass is 16.6. The highest BCUT2D eigenvalue weighted by molar-refractivity contribution is 5.75. The van der Waals surface area contributed by atoms with Gasteiger partial charge in [-0.3, -0.25) is 4.79 Å². The van der Waals surface area contributed by atoms with Crippen molar-refractivity contribution in [1.29, 1.82) is 0 Å². The fourth-order valence-electron chi connectivity index (χ4n) is 1.80. The Kier molecular flexibility index (Phi) is 3.44. The molecule has 0 aliphatic carbocycles. The van der Waals surface area contributed by atoms with Crippen molar-refractivity contribution in [3.63, 3.8) is 0 Å². The second kappa shape index (κ2) is 4.73. The van der Waals surface area contributed by atoms with Crippen LogP contribution in [0.4, 0.5) is 0 Å². The second-order valence-electron chi connectivity index (χ2n) is 5.79. The van der Waals surface area contributed by atoms with Crippen LogP contribution in [0.15, 0.2) is 30.3 Å². The third-order valence-corrected chi connectivity index (χ3v) is 3.02. The molecule has 0 saturated carbocycles. The largest absolute Gasteiger partial charge is 0.459 e. The van der Waals surface area contributed by atoms with E-state index in [0.717, 1.165) is 5.56 Å². The van der Waals surface area contributed by atoms with Gasteiger partial charge in [-0.1, -0.05) is 30.3 Å². The molecule has 18 heavy (non-hydrogen) atoms. The molecule has 3 nitrogen and oxygen atoms in total. The molecular weight excluding hydrogens is 228 g/mol. The monoisotopic (exact) mass is 248 g/mol. The summed E-state index contributed by atoms with van der Waals surface area (Å²) >= 11 is 0. The Morgan fingerprint density at radius 2 is 1.89 bits per heavy atom. The molecule has 3 heteroatoms. The molecule has 1 aliphatic heterocycles. The van der Waals surface area contributed by atoms with Gasteiger partial charge in [-0.15, -0.1) is 0 Å². The summed E-state index contributed by atoms with van der Waals surface area (Å²) in [4.78, 5) is 11.8. The van der Waals surface area contributed by atoms with Crippen LogP contribution in [0.25, 0.3) is 0 Å². The molecule has 0 N–H and O–H groups in total. The van der Waals surface area contributed by atoms with E-state index in [0.29, 0.717) is 0 Å². The van der Waals surface area contributed by atoms with Crippen LogP contribution < -0.4 is 0 Å². The minimum absolute atomic E-state index is 0.0151. The SMILES string of the molecule is C[C@@H](OC(=O)C(C)(C)C)[C@@H]1O[C@@H]1c1ccccc1. The first-order valence-electron chi connectivity index (χ1n) is 6.31. The van der Waals surface area contributed by atoms with Crippen molar-refractivity contribution in [2.75, 3.05) is 0 Å². The summed E-state index contributed by atoms with van der Waals surface area (Å²) < 4.78 is 11.0. The quantitative estimate of drug-likeness (QED) is 0.609. The van der Waals surface area contributed by atoms with Crippen molar-refractivity contribution in [3.05, 3.63) is 35.9 Å². The van der Waals surface area contributed by atoms with E-state index in [9.17, 15) is 4.79 Å². The molecule has 0 unspecified atom stereocenters. The molecule has 1 fully saturated rings. The van der Waals surface area contributed by atoms with Crippen LogP contribution in [0.3, 0.4) is 0 Å². The van der Waals surface area contributed by atoms with Gasteiger partial charge in [-0.2, -0.15) is 0 Å². The van der Waals surface area contributed by atoms with Crippen LogP contribution in [0.1, 0.15) is 39.4 Å². The Bertz CT molecular complexity index is 419. The van der Waals surface area contributed by atoms with Gasteiger partial charge in [0, 0.05) is 0 Å². The van der Waals surface area contributed by atoms with E-state index < -0.39 is 5.41 Å². The van der Waals surface area contributed by atoms with Crippen LogP contribution in [0.2, 0.25) is 0 Å². The van der Waals surface area contributed by atoms with E-state index in [1.54, 1.807) is 0 Å². The summed E-state index contributed by atoms with van der Waals surface area (Å²) in [5, 5.41) is 0. The average molecular weight is 248 g/mol. The molecule has 1 heterocycles. The van der Waals surface area contributed by atoms with Gasteiger partial charge < -0.3 is 9.47 Å². The summed E-state index contributed by atoms with van der Waals surface area (Å²) in [6, 6.07) is 10.0. The zero-order valence-electron chi connectivity index (χ0n) is 11.3. The van der Waals surface area contributed by atoms with Crippen LogP contribution in [-0.2, 0) is 14.3 Å². The molecule has 3 atom stereocenters. The fraction of sp³-hybridized carbons (Fsp3) is 0.533. The van der Waals surface area contributed by atoms with E-state index in [2.05, 4.69) is 0 Å². The molecule has 98 valence electrons. The van der Waals surface area contributed by atoms with Crippen LogP contribution in [0.5, 0.6) is 0 Å². The smallest absolute Gasteiger partial charge is 0.311 e. The van der Waals surface area contributed by atoms with E-state index in [1.807, 2.05) is 58.0 Å². The predicted molar refractivity (Wildman–Crippen MR) is 69.1 cm³/mol. The first kappa shape index (κ1) is 13.1. The van der Waals surface area contributed by atoms with E-state index in [1.165, 1.54) is 0 Å².